The standard InChI is InChI=1S/C25H23N2/c26-15-17-27-16-2-1-6-22(27)13-11-18-7-8-21-10-9-19-4-3-5-20-12-14-23(18)25(21)24(19)20/h1-3,5-9,11-14,16H,4,10,15,17,26H2/q+1/b13-11+. The predicted octanol–water partition coefficient (Wildman–Crippen LogP) is 4.61. The smallest absolute Gasteiger partial charge is 0.205 e. The summed E-state index contributed by atoms with van der Waals surface area (Å²) in [7, 11) is 0. The van der Waals surface area contributed by atoms with Gasteiger partial charge in [-0.25, -0.2) is 0 Å². The molecule has 2 heteroatoms. The molecule has 0 fully saturated rings. The minimum Gasteiger partial charge on any atom is -0.325 e. The van der Waals surface area contributed by atoms with Crippen LogP contribution in [-0.2, 0) is 13.0 Å². The Morgan fingerprint density at radius 1 is 1.00 bits per heavy atom. The Balaban J connectivity index is 1.65. The van der Waals surface area contributed by atoms with Crippen molar-refractivity contribution in [3.8, 4) is 0 Å². The second-order valence-corrected chi connectivity index (χ2v) is 7.25. The Morgan fingerprint density at radius 3 is 2.89 bits per heavy atom. The average Bonchev–Trinajstić information content (AvgIpc) is 2.72. The van der Waals surface area contributed by atoms with Gasteiger partial charge >= 0.3 is 0 Å². The van der Waals surface area contributed by atoms with Gasteiger partial charge in [-0.1, -0.05) is 42.5 Å². The lowest BCUT2D eigenvalue weighted by molar-refractivity contribution is -0.696. The van der Waals surface area contributed by atoms with Gasteiger partial charge < -0.3 is 5.73 Å². The molecule has 0 saturated carbocycles. The minimum atomic E-state index is 0.641. The van der Waals surface area contributed by atoms with Crippen LogP contribution in [0.2, 0.25) is 0 Å². The van der Waals surface area contributed by atoms with Crippen molar-refractivity contribution in [1.82, 2.24) is 0 Å². The van der Waals surface area contributed by atoms with E-state index < -0.39 is 0 Å². The molecule has 0 aliphatic heterocycles. The minimum absolute atomic E-state index is 0.641. The lowest BCUT2D eigenvalue weighted by Crippen LogP contribution is -2.39. The van der Waals surface area contributed by atoms with Gasteiger partial charge in [0.05, 0.1) is 6.54 Å². The molecule has 3 aromatic rings. The van der Waals surface area contributed by atoms with Gasteiger partial charge in [0, 0.05) is 18.2 Å². The highest BCUT2D eigenvalue weighted by atomic mass is 15.0. The topological polar surface area (TPSA) is 29.9 Å². The Morgan fingerprint density at radius 2 is 1.96 bits per heavy atom. The summed E-state index contributed by atoms with van der Waals surface area (Å²) in [6.45, 7) is 1.47. The first-order valence-corrected chi connectivity index (χ1v) is 9.66. The molecule has 2 aliphatic carbocycles. The van der Waals surface area contributed by atoms with E-state index in [1.54, 1.807) is 0 Å². The maximum atomic E-state index is 5.76. The van der Waals surface area contributed by atoms with E-state index in [0.29, 0.717) is 6.54 Å². The fourth-order valence-electron chi connectivity index (χ4n) is 4.35. The molecular formula is C25H23N2+. The summed E-state index contributed by atoms with van der Waals surface area (Å²) in [5.74, 6) is 0. The van der Waals surface area contributed by atoms with Crippen molar-refractivity contribution in [3.05, 3.63) is 88.8 Å². The van der Waals surface area contributed by atoms with Gasteiger partial charge in [-0.3, -0.25) is 0 Å². The molecule has 2 aromatic carbocycles. The van der Waals surface area contributed by atoms with Crippen LogP contribution in [0.25, 0.3) is 34.6 Å². The number of nitrogens with zero attached hydrogens (tertiary/aromatic N) is 1. The molecular weight excluding hydrogens is 328 g/mol. The molecule has 1 heterocycles. The Bertz CT molecular complexity index is 1130. The molecule has 132 valence electrons. The number of pyridine rings is 1. The van der Waals surface area contributed by atoms with E-state index in [1.165, 1.54) is 44.3 Å². The Labute approximate surface area is 160 Å². The van der Waals surface area contributed by atoms with E-state index in [4.69, 9.17) is 5.73 Å². The number of hydrogen-bond acceptors (Lipinski definition) is 1. The highest BCUT2D eigenvalue weighted by Gasteiger charge is 2.20. The molecule has 0 radical (unpaired) electrons. The number of rotatable bonds is 4. The van der Waals surface area contributed by atoms with Crippen molar-refractivity contribution in [2.75, 3.05) is 6.54 Å². The predicted molar refractivity (Wildman–Crippen MR) is 114 cm³/mol. The van der Waals surface area contributed by atoms with Crippen LogP contribution >= 0.6 is 0 Å². The van der Waals surface area contributed by atoms with Crippen LogP contribution in [0, 0.1) is 0 Å². The van der Waals surface area contributed by atoms with E-state index in [-0.39, 0.29) is 0 Å². The summed E-state index contributed by atoms with van der Waals surface area (Å²) in [6.07, 6.45) is 15.6. The van der Waals surface area contributed by atoms with Crippen LogP contribution in [0.5, 0.6) is 0 Å². The third-order valence-corrected chi connectivity index (χ3v) is 5.64. The molecule has 0 bridgehead atoms. The molecule has 0 saturated heterocycles. The molecule has 0 amide bonds. The largest absolute Gasteiger partial charge is 0.325 e. The molecule has 2 aliphatic rings. The number of nitrogens with two attached hydrogens (primary N) is 1. The maximum Gasteiger partial charge on any atom is 0.205 e. The van der Waals surface area contributed by atoms with Crippen LogP contribution in [0.3, 0.4) is 0 Å². The summed E-state index contributed by atoms with van der Waals surface area (Å²) in [5, 5.41) is 2.80. The van der Waals surface area contributed by atoms with Gasteiger partial charge in [0.15, 0.2) is 12.7 Å². The number of aromatic nitrogens is 1. The van der Waals surface area contributed by atoms with Gasteiger partial charge in [0.25, 0.3) is 0 Å². The van der Waals surface area contributed by atoms with Crippen molar-refractivity contribution in [2.45, 2.75) is 19.4 Å². The summed E-state index contributed by atoms with van der Waals surface area (Å²) in [5.41, 5.74) is 13.9. The monoisotopic (exact) mass is 351 g/mol. The van der Waals surface area contributed by atoms with Crippen LogP contribution in [0.15, 0.2) is 60.8 Å². The maximum absolute atomic E-state index is 5.76. The third-order valence-electron chi connectivity index (χ3n) is 5.64. The van der Waals surface area contributed by atoms with Gasteiger partial charge in [-0.2, -0.15) is 4.57 Å². The van der Waals surface area contributed by atoms with Gasteiger partial charge in [-0.15, -0.1) is 0 Å². The van der Waals surface area contributed by atoms with Crippen LogP contribution in [-0.4, -0.2) is 6.54 Å². The number of benzene rings is 2. The molecule has 2 nitrogen and oxygen atoms in total. The van der Waals surface area contributed by atoms with E-state index in [9.17, 15) is 0 Å². The summed E-state index contributed by atoms with van der Waals surface area (Å²) >= 11 is 0. The summed E-state index contributed by atoms with van der Waals surface area (Å²) in [6, 6.07) is 15.4. The Hall–Kier alpha value is -2.97. The molecule has 0 spiro atoms. The normalized spacial score (nSPS) is 14.8. The van der Waals surface area contributed by atoms with Crippen molar-refractivity contribution in [3.63, 3.8) is 0 Å². The second kappa shape index (κ2) is 6.64. The molecule has 1 aromatic heterocycles. The quantitative estimate of drug-likeness (QED) is 0.683. The fraction of sp³-hybridized carbons (Fsp3) is 0.160. The van der Waals surface area contributed by atoms with Crippen molar-refractivity contribution in [2.24, 2.45) is 5.73 Å². The highest BCUT2D eigenvalue weighted by molar-refractivity contribution is 6.06. The molecule has 5 rings (SSSR count). The zero-order valence-electron chi connectivity index (χ0n) is 15.4. The van der Waals surface area contributed by atoms with E-state index >= 15 is 0 Å². The molecule has 0 atom stereocenters. The first-order chi connectivity index (χ1) is 13.3. The molecule has 2 N–H and O–H groups in total. The number of allylic oxidation sites excluding steroid dienone is 3. The number of hydrogen-bond donors (Lipinski definition) is 1. The highest BCUT2D eigenvalue weighted by Crippen LogP contribution is 2.41. The van der Waals surface area contributed by atoms with E-state index in [1.807, 2.05) is 0 Å². The zero-order chi connectivity index (χ0) is 18.2. The van der Waals surface area contributed by atoms with Crippen LogP contribution < -0.4 is 10.3 Å². The van der Waals surface area contributed by atoms with Crippen molar-refractivity contribution < 1.29 is 4.57 Å². The van der Waals surface area contributed by atoms with Crippen molar-refractivity contribution >= 4 is 34.6 Å². The summed E-state index contributed by atoms with van der Waals surface area (Å²) in [4.78, 5) is 0. The SMILES string of the molecule is NCC[n+]1ccccc1/C=C/c1ccc2c3c4c(ccc13)C=CCC4=CC2. The third kappa shape index (κ3) is 2.73. The zero-order valence-corrected chi connectivity index (χ0v) is 15.4. The van der Waals surface area contributed by atoms with Gasteiger partial charge in [0.2, 0.25) is 5.69 Å². The Kier molecular flexibility index (Phi) is 3.99. The summed E-state index contributed by atoms with van der Waals surface area (Å²) < 4.78 is 2.20. The first-order valence-electron chi connectivity index (χ1n) is 9.66. The van der Waals surface area contributed by atoms with Gasteiger partial charge in [0.1, 0.15) is 0 Å². The fourth-order valence-corrected chi connectivity index (χ4v) is 4.35. The first kappa shape index (κ1) is 16.2. The average molecular weight is 351 g/mol. The van der Waals surface area contributed by atoms with Crippen LogP contribution in [0.1, 0.15) is 34.4 Å². The van der Waals surface area contributed by atoms with E-state index in [2.05, 4.69) is 83.6 Å². The lowest BCUT2D eigenvalue weighted by Gasteiger charge is -2.24. The lowest BCUT2D eigenvalue weighted by atomic mass is 9.80. The van der Waals surface area contributed by atoms with Crippen molar-refractivity contribution in [1.29, 1.82) is 0 Å². The van der Waals surface area contributed by atoms with E-state index in [0.717, 1.165) is 19.4 Å². The molecule has 0 unspecified atom stereocenters. The second-order valence-electron chi connectivity index (χ2n) is 7.25. The molecule has 27 heavy (non-hydrogen) atoms. The van der Waals surface area contributed by atoms with Gasteiger partial charge in [-0.05, 0) is 63.6 Å². The van der Waals surface area contributed by atoms with Crippen LogP contribution in [0.4, 0.5) is 0 Å².